The number of benzene rings is 2. The number of likely N-dealkylation sites (tertiary alicyclic amines) is 1. The lowest BCUT2D eigenvalue weighted by Gasteiger charge is -2.33. The molecule has 43 heavy (non-hydrogen) atoms. The number of nitrogens with zero attached hydrogens (tertiary/aromatic N) is 5. The first-order valence-electron chi connectivity index (χ1n) is 14.6. The number of nitrogens with one attached hydrogen (secondary N) is 2. The van der Waals surface area contributed by atoms with Gasteiger partial charge in [-0.3, -0.25) is 10.00 Å². The molecule has 0 bridgehead atoms. The number of piperazine rings is 1. The summed E-state index contributed by atoms with van der Waals surface area (Å²) in [5.74, 6) is -1.23. The van der Waals surface area contributed by atoms with Crippen LogP contribution in [0.1, 0.15) is 31.7 Å². The van der Waals surface area contributed by atoms with Crippen LogP contribution in [0.2, 0.25) is 10.2 Å². The zero-order chi connectivity index (χ0) is 30.0. The summed E-state index contributed by atoms with van der Waals surface area (Å²) in [5, 5.41) is 11.3. The van der Waals surface area contributed by atoms with E-state index in [1.54, 1.807) is 13.0 Å². The first-order chi connectivity index (χ1) is 20.6. The smallest absolute Gasteiger partial charge is 0.319 e. The second-order valence-corrected chi connectivity index (χ2v) is 13.1. The third-order valence-corrected chi connectivity index (χ3v) is 9.66. The van der Waals surface area contributed by atoms with E-state index in [0.717, 1.165) is 25.9 Å². The molecule has 2 N–H and O–H groups in total. The first kappa shape index (κ1) is 28.9. The molecule has 0 unspecified atom stereocenters. The molecule has 7 rings (SSSR count). The Balaban J connectivity index is 1.33. The van der Waals surface area contributed by atoms with Gasteiger partial charge in [-0.2, -0.15) is 15.1 Å². The Bertz CT molecular complexity index is 1730. The van der Waals surface area contributed by atoms with Crippen molar-refractivity contribution in [3.8, 4) is 17.1 Å². The molecule has 0 spiro atoms. The van der Waals surface area contributed by atoms with Crippen LogP contribution in [0.3, 0.4) is 0 Å². The van der Waals surface area contributed by atoms with Crippen molar-refractivity contribution in [2.45, 2.75) is 45.3 Å². The Morgan fingerprint density at radius 1 is 1.12 bits per heavy atom. The van der Waals surface area contributed by atoms with E-state index in [0.29, 0.717) is 66.5 Å². The normalized spacial score (nSPS) is 22.2. The van der Waals surface area contributed by atoms with E-state index in [4.69, 9.17) is 32.9 Å². The molecule has 8 nitrogen and oxygen atoms in total. The van der Waals surface area contributed by atoms with Crippen LogP contribution in [-0.4, -0.2) is 83.2 Å². The second-order valence-electron chi connectivity index (χ2n) is 12.3. The van der Waals surface area contributed by atoms with Gasteiger partial charge in [0.25, 0.3) is 0 Å². The molecule has 0 amide bonds. The van der Waals surface area contributed by atoms with Crippen LogP contribution in [0.4, 0.5) is 19.0 Å². The number of anilines is 1. The van der Waals surface area contributed by atoms with Crippen LogP contribution in [0, 0.1) is 24.0 Å². The molecule has 2 saturated heterocycles. The van der Waals surface area contributed by atoms with Gasteiger partial charge in [0.1, 0.15) is 28.5 Å². The van der Waals surface area contributed by atoms with Crippen molar-refractivity contribution >= 4 is 50.8 Å². The van der Waals surface area contributed by atoms with E-state index in [1.165, 1.54) is 6.07 Å². The summed E-state index contributed by atoms with van der Waals surface area (Å²) in [6, 6.07) is 3.06. The number of hydrogen-bond donors (Lipinski definition) is 2. The highest BCUT2D eigenvalue weighted by Gasteiger charge is 2.46. The van der Waals surface area contributed by atoms with E-state index in [-0.39, 0.29) is 44.7 Å². The molecule has 3 aliphatic rings. The minimum atomic E-state index is -0.859. The Morgan fingerprint density at radius 2 is 1.93 bits per heavy atom. The van der Waals surface area contributed by atoms with Gasteiger partial charge in [-0.1, -0.05) is 23.2 Å². The first-order valence-corrected chi connectivity index (χ1v) is 15.4. The highest BCUT2D eigenvalue weighted by molar-refractivity contribution is 6.37. The van der Waals surface area contributed by atoms with E-state index in [9.17, 15) is 4.39 Å². The van der Waals surface area contributed by atoms with Crippen molar-refractivity contribution in [2.24, 2.45) is 5.41 Å². The number of rotatable bonds is 7. The van der Waals surface area contributed by atoms with Gasteiger partial charge in [0.05, 0.1) is 17.7 Å². The van der Waals surface area contributed by atoms with Crippen LogP contribution in [0.15, 0.2) is 12.1 Å². The topological polar surface area (TPSA) is 82.2 Å². The van der Waals surface area contributed by atoms with Gasteiger partial charge in [0, 0.05) is 72.1 Å². The van der Waals surface area contributed by atoms with Crippen LogP contribution in [0.5, 0.6) is 6.01 Å². The van der Waals surface area contributed by atoms with Gasteiger partial charge < -0.3 is 15.0 Å². The Kier molecular flexibility index (Phi) is 7.35. The van der Waals surface area contributed by atoms with Crippen LogP contribution in [-0.2, 0) is 0 Å². The summed E-state index contributed by atoms with van der Waals surface area (Å²) in [6.45, 7) is 7.87. The fourth-order valence-corrected chi connectivity index (χ4v) is 6.92. The van der Waals surface area contributed by atoms with Gasteiger partial charge in [0.15, 0.2) is 5.82 Å². The molecule has 1 aliphatic carbocycles. The van der Waals surface area contributed by atoms with Gasteiger partial charge in [-0.05, 0) is 50.8 Å². The molecule has 228 valence electrons. The Hall–Kier alpha value is -2.86. The largest absolute Gasteiger partial charge is 0.463 e. The van der Waals surface area contributed by atoms with Crippen LogP contribution in [0.25, 0.3) is 32.9 Å². The van der Waals surface area contributed by atoms with Crippen molar-refractivity contribution in [1.82, 2.24) is 30.4 Å². The van der Waals surface area contributed by atoms with Crippen molar-refractivity contribution < 1.29 is 17.9 Å². The number of aromatic amines is 1. The van der Waals surface area contributed by atoms with Gasteiger partial charge in [-0.15, -0.1) is 0 Å². The number of H-pyrrole nitrogens is 1. The molecule has 2 aromatic carbocycles. The molecule has 3 fully saturated rings. The van der Waals surface area contributed by atoms with Gasteiger partial charge in [-0.25, -0.2) is 13.2 Å². The molecule has 13 heteroatoms. The predicted molar refractivity (Wildman–Crippen MR) is 162 cm³/mol. The minimum absolute atomic E-state index is 0.0236. The fourth-order valence-electron chi connectivity index (χ4n) is 6.49. The summed E-state index contributed by atoms with van der Waals surface area (Å²) >= 11 is 12.9. The molecule has 0 radical (unpaired) electrons. The average Bonchev–Trinajstić information content (AvgIpc) is 3.47. The summed E-state index contributed by atoms with van der Waals surface area (Å²) in [7, 11) is 0. The molecular formula is C30H32Cl2F3N7O. The lowest BCUT2D eigenvalue weighted by molar-refractivity contribution is 0.165. The zero-order valence-electron chi connectivity index (χ0n) is 23.9. The van der Waals surface area contributed by atoms with Gasteiger partial charge in [0.2, 0.25) is 0 Å². The summed E-state index contributed by atoms with van der Waals surface area (Å²) in [5.41, 5.74) is 0.608. The van der Waals surface area contributed by atoms with Crippen molar-refractivity contribution in [1.29, 1.82) is 0 Å². The maximum absolute atomic E-state index is 16.7. The van der Waals surface area contributed by atoms with E-state index >= 15 is 8.78 Å². The summed E-state index contributed by atoms with van der Waals surface area (Å²) < 4.78 is 52.8. The third-order valence-electron chi connectivity index (χ3n) is 9.00. The lowest BCUT2D eigenvalue weighted by atomic mass is 9.94. The van der Waals surface area contributed by atoms with Crippen LogP contribution < -0.4 is 15.0 Å². The van der Waals surface area contributed by atoms with E-state index in [1.807, 2.05) is 11.8 Å². The zero-order valence-corrected chi connectivity index (χ0v) is 25.4. The van der Waals surface area contributed by atoms with E-state index in [2.05, 4.69) is 25.4 Å². The Morgan fingerprint density at radius 3 is 2.65 bits per heavy atom. The standard InChI is InChI=1S/C30H32Cl2F3N7O/c1-15-11-42(8-6-36-15)28-18-9-20(34)23(22-16(2)19(31)10-21-24(22)27(32)40-39-21)25(35)26(18)37-29(38-28)43-14-30(4-5-30)13-41-7-3-17(33)12-41/h9-10,15,17,36H,3-8,11-14H2,1-2H3,(H,39,40)/t15-,17-/m1/s1. The molecule has 4 heterocycles. The molecule has 1 saturated carbocycles. The second kappa shape index (κ2) is 10.9. The SMILES string of the molecule is Cc1c(Cl)cc2n[nH]c(Cl)c2c1-c1c(F)cc2c(N3CCN[C@H](C)C3)nc(OCC3(CN4CC[C@@H](F)C4)CC3)nc2c1F. The van der Waals surface area contributed by atoms with Crippen molar-refractivity contribution in [3.05, 3.63) is 39.5 Å². The quantitative estimate of drug-likeness (QED) is 0.256. The maximum Gasteiger partial charge on any atom is 0.319 e. The molecular weight excluding hydrogens is 602 g/mol. The monoisotopic (exact) mass is 633 g/mol. The highest BCUT2D eigenvalue weighted by atomic mass is 35.5. The highest BCUT2D eigenvalue weighted by Crippen LogP contribution is 2.47. The number of ether oxygens (including phenoxy) is 1. The fraction of sp³-hybridized carbons (Fsp3) is 0.500. The number of alkyl halides is 1. The molecule has 2 aliphatic heterocycles. The summed E-state index contributed by atoms with van der Waals surface area (Å²) in [6.07, 6.45) is 1.67. The van der Waals surface area contributed by atoms with Crippen molar-refractivity contribution in [3.63, 3.8) is 0 Å². The maximum atomic E-state index is 16.7. The molecule has 2 aromatic heterocycles. The third kappa shape index (κ3) is 5.28. The van der Waals surface area contributed by atoms with Crippen molar-refractivity contribution in [2.75, 3.05) is 50.8 Å². The molecule has 4 aromatic rings. The number of aromatic nitrogens is 4. The summed E-state index contributed by atoms with van der Waals surface area (Å²) in [4.78, 5) is 13.4. The minimum Gasteiger partial charge on any atom is -0.463 e. The number of fused-ring (bicyclic) bond motifs is 2. The number of halogens is 5. The Labute approximate surface area is 256 Å². The number of hydrogen-bond acceptors (Lipinski definition) is 7. The van der Waals surface area contributed by atoms with Gasteiger partial charge >= 0.3 is 6.01 Å². The predicted octanol–water partition coefficient (Wildman–Crippen LogP) is 6.07. The van der Waals surface area contributed by atoms with Crippen LogP contribution >= 0.6 is 23.2 Å². The lowest BCUT2D eigenvalue weighted by Crippen LogP contribution is -2.49. The molecule has 2 atom stereocenters. The average molecular weight is 635 g/mol. The van der Waals surface area contributed by atoms with E-state index < -0.39 is 17.8 Å².